The molecule has 3 aromatic carbocycles. The number of para-hydroxylation sites is 1. The highest BCUT2D eigenvalue weighted by atomic mass is 32.2. The molecule has 1 heterocycles. The number of phenols is 1. The van der Waals surface area contributed by atoms with Gasteiger partial charge in [0.2, 0.25) is 5.75 Å². The number of thioether (sulfide) groups is 1. The average Bonchev–Trinajstić information content (AvgIpc) is 3.33. The van der Waals surface area contributed by atoms with Gasteiger partial charge in [0.1, 0.15) is 0 Å². The van der Waals surface area contributed by atoms with Crippen molar-refractivity contribution < 1.29 is 19.4 Å². The Morgan fingerprint density at radius 2 is 1.72 bits per heavy atom. The van der Waals surface area contributed by atoms with Gasteiger partial charge in [-0.25, -0.2) is 5.43 Å². The van der Waals surface area contributed by atoms with E-state index in [1.807, 2.05) is 66.1 Å². The second-order valence-corrected chi connectivity index (χ2v) is 8.64. The number of nitrogens with zero attached hydrogens (tertiary/aromatic N) is 4. The second kappa shape index (κ2) is 11.4. The minimum atomic E-state index is -0.312. The molecule has 0 fully saturated rings. The molecular weight excluding hydrogens is 478 g/mol. The van der Waals surface area contributed by atoms with Crippen LogP contribution in [-0.4, -0.2) is 52.0 Å². The van der Waals surface area contributed by atoms with Crippen molar-refractivity contribution in [2.45, 2.75) is 12.1 Å². The molecule has 1 amide bonds. The smallest absolute Gasteiger partial charge is 0.250 e. The molecule has 0 aliphatic rings. The first-order valence-electron chi connectivity index (χ1n) is 11.0. The zero-order chi connectivity index (χ0) is 25.5. The van der Waals surface area contributed by atoms with Gasteiger partial charge in [-0.2, -0.15) is 5.10 Å². The van der Waals surface area contributed by atoms with Crippen molar-refractivity contribution in [3.05, 3.63) is 77.9 Å². The van der Waals surface area contributed by atoms with E-state index in [1.165, 1.54) is 32.2 Å². The molecule has 0 saturated heterocycles. The van der Waals surface area contributed by atoms with Gasteiger partial charge in [0.15, 0.2) is 22.5 Å². The highest BCUT2D eigenvalue weighted by Gasteiger charge is 2.17. The normalized spacial score (nSPS) is 11.0. The predicted octanol–water partition coefficient (Wildman–Crippen LogP) is 4.21. The van der Waals surface area contributed by atoms with Gasteiger partial charge < -0.3 is 14.6 Å². The van der Waals surface area contributed by atoms with E-state index >= 15 is 0 Å². The van der Waals surface area contributed by atoms with Gasteiger partial charge in [-0.05, 0) is 31.2 Å². The lowest BCUT2D eigenvalue weighted by molar-refractivity contribution is -0.118. The van der Waals surface area contributed by atoms with Crippen LogP contribution in [0.4, 0.5) is 0 Å². The largest absolute Gasteiger partial charge is 0.502 e. The topological polar surface area (TPSA) is 111 Å². The van der Waals surface area contributed by atoms with Gasteiger partial charge in [0.25, 0.3) is 5.91 Å². The van der Waals surface area contributed by atoms with E-state index in [-0.39, 0.29) is 28.9 Å². The Morgan fingerprint density at radius 1 is 1.06 bits per heavy atom. The van der Waals surface area contributed by atoms with E-state index in [4.69, 9.17) is 9.47 Å². The number of hydrogen-bond acceptors (Lipinski definition) is 8. The number of aryl methyl sites for hydroxylation is 1. The van der Waals surface area contributed by atoms with Crippen LogP contribution in [0, 0.1) is 6.92 Å². The summed E-state index contributed by atoms with van der Waals surface area (Å²) in [5, 5.41) is 23.3. The first-order chi connectivity index (χ1) is 17.5. The number of carbonyl (C=O) groups is 1. The molecule has 0 atom stereocenters. The van der Waals surface area contributed by atoms with Crippen molar-refractivity contribution in [3.8, 4) is 34.3 Å². The van der Waals surface area contributed by atoms with Crippen LogP contribution in [0.3, 0.4) is 0 Å². The maximum Gasteiger partial charge on any atom is 0.250 e. The molecule has 4 aromatic rings. The number of methoxy groups -OCH3 is 2. The standard InChI is InChI=1S/C26H25N5O4S/c1-17-9-11-19(12-10-17)25-29-30-26(31(25)20-7-5-4-6-8-20)36-16-23(32)28-27-15-18-13-21(34-2)24(33)22(14-18)35-3/h4-15,33H,16H2,1-3H3,(H,28,32). The van der Waals surface area contributed by atoms with Crippen molar-refractivity contribution in [1.82, 2.24) is 20.2 Å². The lowest BCUT2D eigenvalue weighted by atomic mass is 10.1. The summed E-state index contributed by atoms with van der Waals surface area (Å²) < 4.78 is 12.2. The monoisotopic (exact) mass is 503 g/mol. The first-order valence-corrected chi connectivity index (χ1v) is 12.0. The fourth-order valence-electron chi connectivity index (χ4n) is 3.39. The third-order valence-electron chi connectivity index (χ3n) is 5.19. The highest BCUT2D eigenvalue weighted by molar-refractivity contribution is 7.99. The Hall–Kier alpha value is -4.31. The number of ether oxygens (including phenoxy) is 2. The maximum atomic E-state index is 12.5. The van der Waals surface area contributed by atoms with Gasteiger partial charge in [-0.1, -0.05) is 59.8 Å². The average molecular weight is 504 g/mol. The summed E-state index contributed by atoms with van der Waals surface area (Å²) in [6.45, 7) is 2.03. The van der Waals surface area contributed by atoms with Crippen LogP contribution < -0.4 is 14.9 Å². The van der Waals surface area contributed by atoms with Crippen LogP contribution in [0.15, 0.2) is 77.0 Å². The summed E-state index contributed by atoms with van der Waals surface area (Å²) in [6, 6.07) is 21.0. The quantitative estimate of drug-likeness (QED) is 0.200. The number of benzene rings is 3. The second-order valence-electron chi connectivity index (χ2n) is 7.70. The summed E-state index contributed by atoms with van der Waals surface area (Å²) in [7, 11) is 2.87. The molecule has 0 saturated carbocycles. The number of amides is 1. The van der Waals surface area contributed by atoms with Gasteiger partial charge in [0, 0.05) is 16.8 Å². The van der Waals surface area contributed by atoms with Crippen LogP contribution in [0.25, 0.3) is 17.1 Å². The molecule has 0 unspecified atom stereocenters. The Labute approximate surface area is 212 Å². The minimum Gasteiger partial charge on any atom is -0.502 e. The lowest BCUT2D eigenvalue weighted by Gasteiger charge is -2.10. The Kier molecular flexibility index (Phi) is 7.86. The van der Waals surface area contributed by atoms with E-state index in [1.54, 1.807) is 12.1 Å². The van der Waals surface area contributed by atoms with Crippen molar-refractivity contribution in [2.24, 2.45) is 5.10 Å². The predicted molar refractivity (Wildman–Crippen MR) is 139 cm³/mol. The number of hydrazone groups is 1. The van der Waals surface area contributed by atoms with E-state index in [9.17, 15) is 9.90 Å². The molecule has 2 N–H and O–H groups in total. The summed E-state index contributed by atoms with van der Waals surface area (Å²) in [6.07, 6.45) is 1.44. The van der Waals surface area contributed by atoms with Crippen LogP contribution in [0.2, 0.25) is 0 Å². The van der Waals surface area contributed by atoms with E-state index < -0.39 is 0 Å². The SMILES string of the molecule is COc1cc(C=NNC(=O)CSc2nnc(-c3ccc(C)cc3)n2-c2ccccc2)cc(OC)c1O. The van der Waals surface area contributed by atoms with Gasteiger partial charge in [-0.3, -0.25) is 9.36 Å². The summed E-state index contributed by atoms with van der Waals surface area (Å²) in [4.78, 5) is 12.5. The molecular formula is C26H25N5O4S. The Morgan fingerprint density at radius 3 is 2.36 bits per heavy atom. The Balaban J connectivity index is 1.48. The van der Waals surface area contributed by atoms with Crippen LogP contribution in [0.5, 0.6) is 17.2 Å². The fraction of sp³-hybridized carbons (Fsp3) is 0.154. The molecule has 184 valence electrons. The molecule has 4 rings (SSSR count). The number of aromatic nitrogens is 3. The summed E-state index contributed by atoms with van der Waals surface area (Å²) in [5.74, 6) is 0.832. The molecule has 9 nitrogen and oxygen atoms in total. The number of aromatic hydroxyl groups is 1. The van der Waals surface area contributed by atoms with Crippen molar-refractivity contribution >= 4 is 23.9 Å². The minimum absolute atomic E-state index is 0.0818. The van der Waals surface area contributed by atoms with Gasteiger partial charge in [-0.15, -0.1) is 10.2 Å². The summed E-state index contributed by atoms with van der Waals surface area (Å²) in [5.41, 5.74) is 6.07. The molecule has 1 aromatic heterocycles. The first kappa shape index (κ1) is 24.8. The van der Waals surface area contributed by atoms with Crippen molar-refractivity contribution in [3.63, 3.8) is 0 Å². The summed E-state index contributed by atoms with van der Waals surface area (Å²) >= 11 is 1.26. The van der Waals surface area contributed by atoms with Crippen LogP contribution in [0.1, 0.15) is 11.1 Å². The molecule has 0 aliphatic carbocycles. The van der Waals surface area contributed by atoms with Crippen LogP contribution in [-0.2, 0) is 4.79 Å². The zero-order valence-corrected chi connectivity index (χ0v) is 20.8. The van der Waals surface area contributed by atoms with Crippen LogP contribution >= 0.6 is 11.8 Å². The Bertz CT molecular complexity index is 1350. The third-order valence-corrected chi connectivity index (χ3v) is 6.12. The highest BCUT2D eigenvalue weighted by Crippen LogP contribution is 2.36. The van der Waals surface area contributed by atoms with E-state index in [2.05, 4.69) is 20.7 Å². The molecule has 0 radical (unpaired) electrons. The number of rotatable bonds is 9. The van der Waals surface area contributed by atoms with Gasteiger partial charge in [0.05, 0.1) is 26.2 Å². The van der Waals surface area contributed by atoms with Crippen molar-refractivity contribution in [1.29, 1.82) is 0 Å². The maximum absolute atomic E-state index is 12.5. The number of hydrogen-bond donors (Lipinski definition) is 2. The number of carbonyl (C=O) groups excluding carboxylic acids is 1. The lowest BCUT2D eigenvalue weighted by Crippen LogP contribution is -2.20. The van der Waals surface area contributed by atoms with Crippen molar-refractivity contribution in [2.75, 3.05) is 20.0 Å². The van der Waals surface area contributed by atoms with E-state index in [0.717, 1.165) is 16.8 Å². The third kappa shape index (κ3) is 5.66. The molecule has 0 aliphatic heterocycles. The van der Waals surface area contributed by atoms with E-state index in [0.29, 0.717) is 16.5 Å². The fourth-order valence-corrected chi connectivity index (χ4v) is 4.14. The molecule has 10 heteroatoms. The molecule has 0 bridgehead atoms. The molecule has 36 heavy (non-hydrogen) atoms. The van der Waals surface area contributed by atoms with Gasteiger partial charge >= 0.3 is 0 Å². The number of nitrogens with one attached hydrogen (secondary N) is 1. The zero-order valence-electron chi connectivity index (χ0n) is 20.0. The number of phenolic OH excluding ortho intramolecular Hbond substituents is 1. The molecule has 0 spiro atoms.